The smallest absolute Gasteiger partial charge is 0.461 e. The zero-order valence-corrected chi connectivity index (χ0v) is 17.7. The minimum atomic E-state index is -1.96. The lowest BCUT2D eigenvalue weighted by Crippen LogP contribution is -2.45. The summed E-state index contributed by atoms with van der Waals surface area (Å²) in [5, 5.41) is 18.9. The lowest BCUT2D eigenvalue weighted by atomic mass is 9.81. The average molecular weight is 410 g/mol. The van der Waals surface area contributed by atoms with Crippen molar-refractivity contribution in [2.24, 2.45) is 0 Å². The van der Waals surface area contributed by atoms with Gasteiger partial charge in [0, 0.05) is 11.7 Å². The van der Waals surface area contributed by atoms with Crippen molar-refractivity contribution in [3.63, 3.8) is 0 Å². The van der Waals surface area contributed by atoms with Crippen molar-refractivity contribution >= 4 is 36.4 Å². The van der Waals surface area contributed by atoms with Crippen molar-refractivity contribution < 1.29 is 38.6 Å². The zero-order chi connectivity index (χ0) is 22.6. The maximum absolute atomic E-state index is 12.8. The normalized spacial score (nSPS) is 11.5. The summed E-state index contributed by atoms with van der Waals surface area (Å²) in [6, 6.07) is 1.05. The van der Waals surface area contributed by atoms with Gasteiger partial charge in [0.15, 0.2) is 5.69 Å². The standard InChI is InChI=1S/C18H27BN2O8/c1-8-27-14(22)13-12(9-11(10-20-13)19(25)26)21(15(23)28-17(2,3)4)16(24)29-18(5,6)7/h9-10,25-26H,8H2,1-7H3. The lowest BCUT2D eigenvalue weighted by molar-refractivity contribution is 0.0430. The van der Waals surface area contributed by atoms with Gasteiger partial charge in [-0.05, 0) is 54.5 Å². The number of anilines is 1. The Morgan fingerprint density at radius 1 is 1.03 bits per heavy atom. The van der Waals surface area contributed by atoms with E-state index in [4.69, 9.17) is 14.2 Å². The van der Waals surface area contributed by atoms with Crippen molar-refractivity contribution in [2.75, 3.05) is 11.5 Å². The van der Waals surface area contributed by atoms with E-state index in [1.54, 1.807) is 48.5 Å². The van der Waals surface area contributed by atoms with E-state index in [-0.39, 0.29) is 17.8 Å². The molecule has 11 heteroatoms. The summed E-state index contributed by atoms with van der Waals surface area (Å²) in [6.07, 6.45) is -1.25. The third kappa shape index (κ3) is 7.35. The molecule has 0 saturated heterocycles. The minimum Gasteiger partial charge on any atom is -0.461 e. The molecular weight excluding hydrogens is 383 g/mol. The molecule has 29 heavy (non-hydrogen) atoms. The van der Waals surface area contributed by atoms with Gasteiger partial charge >= 0.3 is 25.3 Å². The molecule has 10 nitrogen and oxygen atoms in total. The Labute approximate surface area is 169 Å². The predicted octanol–water partition coefficient (Wildman–Crippen LogP) is 1.61. The van der Waals surface area contributed by atoms with Crippen LogP contribution in [0.1, 0.15) is 59.0 Å². The first kappa shape index (κ1) is 24.4. The second kappa shape index (κ2) is 9.23. The summed E-state index contributed by atoms with van der Waals surface area (Å²) in [6.45, 7) is 11.2. The van der Waals surface area contributed by atoms with Crippen LogP contribution in [-0.2, 0) is 14.2 Å². The molecule has 2 N–H and O–H groups in total. The Morgan fingerprint density at radius 3 is 1.90 bits per heavy atom. The summed E-state index contributed by atoms with van der Waals surface area (Å²) in [5.41, 5.74) is -2.86. The van der Waals surface area contributed by atoms with Crippen molar-refractivity contribution in [3.05, 3.63) is 18.0 Å². The van der Waals surface area contributed by atoms with Gasteiger partial charge in [-0.25, -0.2) is 19.4 Å². The second-order valence-corrected chi connectivity index (χ2v) is 8.03. The molecule has 1 aromatic rings. The van der Waals surface area contributed by atoms with E-state index in [0.717, 1.165) is 12.3 Å². The number of amides is 2. The number of aromatic nitrogens is 1. The fraction of sp³-hybridized carbons (Fsp3) is 0.556. The molecule has 0 atom stereocenters. The van der Waals surface area contributed by atoms with E-state index in [0.29, 0.717) is 4.90 Å². The topological polar surface area (TPSA) is 135 Å². The summed E-state index contributed by atoms with van der Waals surface area (Å²) in [5.74, 6) is -0.918. The quantitative estimate of drug-likeness (QED) is 0.431. The van der Waals surface area contributed by atoms with E-state index in [1.807, 2.05) is 0 Å². The predicted molar refractivity (Wildman–Crippen MR) is 105 cm³/mol. The number of esters is 1. The molecular formula is C18H27BN2O8. The van der Waals surface area contributed by atoms with Crippen molar-refractivity contribution in [3.8, 4) is 0 Å². The highest BCUT2D eigenvalue weighted by Gasteiger charge is 2.36. The van der Waals surface area contributed by atoms with E-state index in [1.165, 1.54) is 0 Å². The van der Waals surface area contributed by atoms with Gasteiger partial charge in [-0.2, -0.15) is 4.90 Å². The fourth-order valence-electron chi connectivity index (χ4n) is 2.02. The molecule has 0 aliphatic heterocycles. The first-order chi connectivity index (χ1) is 13.2. The molecule has 0 aromatic carbocycles. The molecule has 1 heterocycles. The van der Waals surface area contributed by atoms with Crippen LogP contribution in [0.2, 0.25) is 0 Å². The number of rotatable bonds is 4. The Kier molecular flexibility index (Phi) is 7.76. The van der Waals surface area contributed by atoms with Crippen LogP contribution in [0.25, 0.3) is 0 Å². The number of ether oxygens (including phenoxy) is 3. The van der Waals surface area contributed by atoms with Crippen LogP contribution in [0.4, 0.5) is 15.3 Å². The fourth-order valence-corrected chi connectivity index (χ4v) is 2.02. The zero-order valence-electron chi connectivity index (χ0n) is 17.7. The van der Waals surface area contributed by atoms with Gasteiger partial charge in [-0.1, -0.05) is 0 Å². The molecule has 1 aromatic heterocycles. The molecule has 0 radical (unpaired) electrons. The summed E-state index contributed by atoms with van der Waals surface area (Å²) in [7, 11) is -1.96. The van der Waals surface area contributed by atoms with Crippen LogP contribution < -0.4 is 10.4 Å². The van der Waals surface area contributed by atoms with Crippen LogP contribution in [0, 0.1) is 0 Å². The van der Waals surface area contributed by atoms with E-state index < -0.39 is 42.2 Å². The number of hydrogen-bond acceptors (Lipinski definition) is 9. The monoisotopic (exact) mass is 410 g/mol. The van der Waals surface area contributed by atoms with Crippen LogP contribution in [-0.4, -0.2) is 58.1 Å². The Bertz CT molecular complexity index is 740. The number of pyridine rings is 1. The maximum atomic E-state index is 12.8. The molecule has 2 amide bonds. The molecule has 0 fully saturated rings. The molecule has 0 spiro atoms. The average Bonchev–Trinajstić information content (AvgIpc) is 2.51. The highest BCUT2D eigenvalue weighted by atomic mass is 16.6. The number of hydrogen-bond donors (Lipinski definition) is 2. The largest absolute Gasteiger partial charge is 0.490 e. The highest BCUT2D eigenvalue weighted by Crippen LogP contribution is 2.24. The van der Waals surface area contributed by atoms with Crippen LogP contribution in [0.15, 0.2) is 12.3 Å². The number of carbonyl (C=O) groups is 3. The van der Waals surface area contributed by atoms with Gasteiger partial charge in [0.1, 0.15) is 11.2 Å². The molecule has 0 saturated carbocycles. The maximum Gasteiger partial charge on any atom is 0.490 e. The van der Waals surface area contributed by atoms with Gasteiger partial charge in [0.05, 0.1) is 12.3 Å². The van der Waals surface area contributed by atoms with Crippen LogP contribution in [0.3, 0.4) is 0 Å². The van der Waals surface area contributed by atoms with Gasteiger partial charge in [0.25, 0.3) is 0 Å². The number of imide groups is 1. The van der Waals surface area contributed by atoms with Gasteiger partial charge < -0.3 is 24.3 Å². The SMILES string of the molecule is CCOC(=O)c1ncc(B(O)O)cc1N(C(=O)OC(C)(C)C)C(=O)OC(C)(C)C. The first-order valence-electron chi connectivity index (χ1n) is 8.95. The second-order valence-electron chi connectivity index (χ2n) is 8.03. The van der Waals surface area contributed by atoms with E-state index in [2.05, 4.69) is 4.98 Å². The molecule has 1 rings (SSSR count). The third-order valence-corrected chi connectivity index (χ3v) is 3.05. The first-order valence-corrected chi connectivity index (χ1v) is 8.95. The third-order valence-electron chi connectivity index (χ3n) is 3.05. The van der Waals surface area contributed by atoms with E-state index in [9.17, 15) is 24.4 Å². The molecule has 0 aliphatic carbocycles. The van der Waals surface area contributed by atoms with Crippen molar-refractivity contribution in [1.82, 2.24) is 4.98 Å². The van der Waals surface area contributed by atoms with E-state index >= 15 is 0 Å². The van der Waals surface area contributed by atoms with Crippen LogP contribution in [0.5, 0.6) is 0 Å². The number of nitrogens with zero attached hydrogens (tertiary/aromatic N) is 2. The van der Waals surface area contributed by atoms with Crippen LogP contribution >= 0.6 is 0 Å². The van der Waals surface area contributed by atoms with Gasteiger partial charge in [0.2, 0.25) is 0 Å². The Balaban J connectivity index is 3.63. The molecule has 160 valence electrons. The van der Waals surface area contributed by atoms with Gasteiger partial charge in [-0.3, -0.25) is 0 Å². The minimum absolute atomic E-state index is 0.0171. The lowest BCUT2D eigenvalue weighted by Gasteiger charge is -2.29. The Morgan fingerprint density at radius 2 is 1.52 bits per heavy atom. The molecule has 0 unspecified atom stereocenters. The highest BCUT2D eigenvalue weighted by molar-refractivity contribution is 6.58. The summed E-state index contributed by atoms with van der Waals surface area (Å²) in [4.78, 5) is 42.2. The summed E-state index contributed by atoms with van der Waals surface area (Å²) >= 11 is 0. The molecule has 0 aliphatic rings. The summed E-state index contributed by atoms with van der Waals surface area (Å²) < 4.78 is 15.5. The number of carbonyl (C=O) groups excluding carboxylic acids is 3. The van der Waals surface area contributed by atoms with Crippen molar-refractivity contribution in [1.29, 1.82) is 0 Å². The Hall–Kier alpha value is -2.66. The van der Waals surface area contributed by atoms with Gasteiger partial charge in [-0.15, -0.1) is 0 Å². The molecule has 0 bridgehead atoms. The van der Waals surface area contributed by atoms with Crippen molar-refractivity contribution in [2.45, 2.75) is 59.7 Å².